The molecule has 1 aliphatic heterocycles. The summed E-state index contributed by atoms with van der Waals surface area (Å²) in [5.74, 6) is 0.0240. The van der Waals surface area contributed by atoms with Gasteiger partial charge in [0.1, 0.15) is 12.1 Å². The Morgan fingerprint density at radius 3 is 2.62 bits per heavy atom. The van der Waals surface area contributed by atoms with E-state index < -0.39 is 6.04 Å². The van der Waals surface area contributed by atoms with Crippen molar-refractivity contribution in [1.82, 2.24) is 0 Å². The van der Waals surface area contributed by atoms with E-state index in [-0.39, 0.29) is 18.2 Å². The van der Waals surface area contributed by atoms with Crippen LogP contribution in [-0.2, 0) is 20.7 Å². The van der Waals surface area contributed by atoms with E-state index in [9.17, 15) is 4.79 Å². The molecule has 4 atom stereocenters. The predicted octanol–water partition coefficient (Wildman–Crippen LogP) is 3.39. The molecule has 0 amide bonds. The topological polar surface area (TPSA) is 61.5 Å². The second-order valence-corrected chi connectivity index (χ2v) is 6.96. The van der Waals surface area contributed by atoms with E-state index in [4.69, 9.17) is 15.2 Å². The van der Waals surface area contributed by atoms with Crippen LogP contribution in [0, 0.1) is 12.8 Å². The van der Waals surface area contributed by atoms with E-state index in [1.54, 1.807) is 0 Å². The summed E-state index contributed by atoms with van der Waals surface area (Å²) in [4.78, 5) is 12.0. The Kier molecular flexibility index (Phi) is 7.25. The number of nitrogens with two attached hydrogens (primary N) is 1. The Balaban J connectivity index is 2.17. The lowest BCUT2D eigenvalue weighted by atomic mass is 9.86. The molecule has 4 heteroatoms. The molecule has 1 aromatic rings. The summed E-state index contributed by atoms with van der Waals surface area (Å²) in [6, 6.07) is 8.14. The van der Waals surface area contributed by atoms with Crippen molar-refractivity contribution in [1.29, 1.82) is 0 Å². The van der Waals surface area contributed by atoms with Crippen molar-refractivity contribution in [2.45, 2.75) is 71.1 Å². The average molecular weight is 333 g/mol. The van der Waals surface area contributed by atoms with Gasteiger partial charge in [-0.05, 0) is 51.0 Å². The van der Waals surface area contributed by atoms with E-state index in [2.05, 4.69) is 38.1 Å². The molecule has 1 heterocycles. The van der Waals surface area contributed by atoms with E-state index in [1.807, 2.05) is 6.92 Å². The molecule has 1 fully saturated rings. The number of ether oxygens (including phenoxy) is 2. The van der Waals surface area contributed by atoms with Gasteiger partial charge in [-0.1, -0.05) is 43.2 Å². The number of aryl methyl sites for hydroxylation is 1. The summed E-state index contributed by atoms with van der Waals surface area (Å²) in [6.45, 7) is 6.80. The monoisotopic (exact) mass is 333 g/mol. The van der Waals surface area contributed by atoms with Crippen molar-refractivity contribution in [2.24, 2.45) is 11.7 Å². The molecule has 0 unspecified atom stereocenters. The van der Waals surface area contributed by atoms with Crippen molar-refractivity contribution >= 4 is 5.97 Å². The van der Waals surface area contributed by atoms with Crippen LogP contribution in [0.25, 0.3) is 0 Å². The number of carbonyl (C=O) groups excluding carboxylic acids is 1. The van der Waals surface area contributed by atoms with E-state index in [1.165, 1.54) is 11.1 Å². The lowest BCUT2D eigenvalue weighted by molar-refractivity contribution is -0.160. The van der Waals surface area contributed by atoms with Gasteiger partial charge in [0.15, 0.2) is 0 Å². The van der Waals surface area contributed by atoms with Gasteiger partial charge in [0, 0.05) is 6.61 Å². The molecule has 134 valence electrons. The van der Waals surface area contributed by atoms with Crippen molar-refractivity contribution in [2.75, 3.05) is 6.61 Å². The van der Waals surface area contributed by atoms with Crippen LogP contribution in [0.5, 0.6) is 0 Å². The maximum Gasteiger partial charge on any atom is 0.323 e. The SMILES string of the molecule is CCCO[C@@H]1[C@@H](Cc2ccc(C)cc2)CCC[C@H](N)C(=O)O[C@H]1C. The summed E-state index contributed by atoms with van der Waals surface area (Å²) < 4.78 is 11.7. The van der Waals surface area contributed by atoms with Gasteiger partial charge in [0.2, 0.25) is 0 Å². The maximum atomic E-state index is 12.0. The fourth-order valence-corrected chi connectivity index (χ4v) is 3.37. The Labute approximate surface area is 145 Å². The molecule has 0 spiro atoms. The van der Waals surface area contributed by atoms with Crippen LogP contribution in [0.15, 0.2) is 24.3 Å². The standard InChI is InChI=1S/C20H31NO3/c1-4-12-23-19-15(3)24-20(22)18(21)7-5-6-17(19)13-16-10-8-14(2)9-11-16/h8-11,15,17-19H,4-7,12-13,21H2,1-3H3/t15-,17+,18-,19-/m0/s1. The van der Waals surface area contributed by atoms with Crippen LogP contribution in [-0.4, -0.2) is 30.8 Å². The smallest absolute Gasteiger partial charge is 0.323 e. The Morgan fingerprint density at radius 1 is 1.25 bits per heavy atom. The molecule has 0 bridgehead atoms. The van der Waals surface area contributed by atoms with Crippen LogP contribution in [0.2, 0.25) is 0 Å². The third-order valence-electron chi connectivity index (χ3n) is 4.76. The van der Waals surface area contributed by atoms with Crippen molar-refractivity contribution in [3.63, 3.8) is 0 Å². The molecule has 1 aromatic carbocycles. The molecule has 0 saturated carbocycles. The summed E-state index contributed by atoms with van der Waals surface area (Å²) in [6.07, 6.45) is 4.13. The molecule has 24 heavy (non-hydrogen) atoms. The Bertz CT molecular complexity index is 514. The van der Waals surface area contributed by atoms with Gasteiger partial charge < -0.3 is 15.2 Å². The molecule has 1 saturated heterocycles. The van der Waals surface area contributed by atoms with Gasteiger partial charge >= 0.3 is 5.97 Å². The van der Waals surface area contributed by atoms with Crippen LogP contribution < -0.4 is 5.73 Å². The number of cyclic esters (lactones) is 1. The van der Waals surface area contributed by atoms with Crippen LogP contribution >= 0.6 is 0 Å². The quantitative estimate of drug-likeness (QED) is 0.839. The molecule has 4 nitrogen and oxygen atoms in total. The van der Waals surface area contributed by atoms with E-state index >= 15 is 0 Å². The van der Waals surface area contributed by atoms with Gasteiger partial charge in [0.25, 0.3) is 0 Å². The van der Waals surface area contributed by atoms with E-state index in [0.717, 1.165) is 25.7 Å². The lowest BCUT2D eigenvalue weighted by Crippen LogP contribution is -2.40. The summed E-state index contributed by atoms with van der Waals surface area (Å²) in [5.41, 5.74) is 8.49. The average Bonchev–Trinajstić information content (AvgIpc) is 2.60. The van der Waals surface area contributed by atoms with Crippen LogP contribution in [0.1, 0.15) is 50.7 Å². The molecule has 0 aromatic heterocycles. The molecule has 2 N–H and O–H groups in total. The fraction of sp³-hybridized carbons (Fsp3) is 0.650. The molecule has 0 radical (unpaired) electrons. The van der Waals surface area contributed by atoms with Crippen molar-refractivity contribution in [3.8, 4) is 0 Å². The van der Waals surface area contributed by atoms with Crippen LogP contribution in [0.4, 0.5) is 0 Å². The third kappa shape index (κ3) is 5.32. The first-order chi connectivity index (χ1) is 11.5. The number of carbonyl (C=O) groups is 1. The first-order valence-corrected chi connectivity index (χ1v) is 9.14. The Morgan fingerprint density at radius 2 is 1.96 bits per heavy atom. The normalized spacial score (nSPS) is 28.6. The van der Waals surface area contributed by atoms with Gasteiger partial charge in [-0.3, -0.25) is 4.79 Å². The number of hydrogen-bond donors (Lipinski definition) is 1. The number of benzene rings is 1. The minimum Gasteiger partial charge on any atom is -0.459 e. The second kappa shape index (κ2) is 9.19. The van der Waals surface area contributed by atoms with Gasteiger partial charge in [-0.25, -0.2) is 0 Å². The van der Waals surface area contributed by atoms with Crippen molar-refractivity contribution in [3.05, 3.63) is 35.4 Å². The molecule has 1 aliphatic rings. The number of rotatable bonds is 5. The highest BCUT2D eigenvalue weighted by Gasteiger charge is 2.33. The molecular weight excluding hydrogens is 302 g/mol. The lowest BCUT2D eigenvalue weighted by Gasteiger charge is -2.31. The number of esters is 1. The zero-order valence-electron chi connectivity index (χ0n) is 15.2. The summed E-state index contributed by atoms with van der Waals surface area (Å²) >= 11 is 0. The third-order valence-corrected chi connectivity index (χ3v) is 4.76. The van der Waals surface area contributed by atoms with Crippen LogP contribution in [0.3, 0.4) is 0 Å². The van der Waals surface area contributed by atoms with Gasteiger partial charge in [-0.15, -0.1) is 0 Å². The minimum absolute atomic E-state index is 0.0829. The fourth-order valence-electron chi connectivity index (χ4n) is 3.37. The molecular formula is C20H31NO3. The zero-order valence-corrected chi connectivity index (χ0v) is 15.2. The molecule has 2 rings (SSSR count). The van der Waals surface area contributed by atoms with Gasteiger partial charge in [-0.2, -0.15) is 0 Å². The highest BCUT2D eigenvalue weighted by molar-refractivity contribution is 5.75. The second-order valence-electron chi connectivity index (χ2n) is 6.96. The number of hydrogen-bond acceptors (Lipinski definition) is 4. The molecule has 0 aliphatic carbocycles. The summed E-state index contributed by atoms with van der Waals surface area (Å²) in [5, 5.41) is 0. The largest absolute Gasteiger partial charge is 0.459 e. The van der Waals surface area contributed by atoms with Crippen molar-refractivity contribution < 1.29 is 14.3 Å². The maximum absolute atomic E-state index is 12.0. The van der Waals surface area contributed by atoms with E-state index in [0.29, 0.717) is 18.9 Å². The zero-order chi connectivity index (χ0) is 17.5. The van der Waals surface area contributed by atoms with Gasteiger partial charge in [0.05, 0.1) is 6.10 Å². The Hall–Kier alpha value is -1.39. The highest BCUT2D eigenvalue weighted by atomic mass is 16.6. The first-order valence-electron chi connectivity index (χ1n) is 9.14. The minimum atomic E-state index is -0.516. The summed E-state index contributed by atoms with van der Waals surface area (Å²) in [7, 11) is 0. The predicted molar refractivity (Wildman–Crippen MR) is 95.8 cm³/mol. The highest BCUT2D eigenvalue weighted by Crippen LogP contribution is 2.27. The first kappa shape index (κ1) is 18.9.